The molecule has 1 aromatic rings. The van der Waals surface area contributed by atoms with Gasteiger partial charge in [-0.2, -0.15) is 0 Å². The van der Waals surface area contributed by atoms with E-state index in [0.29, 0.717) is 5.92 Å². The van der Waals surface area contributed by atoms with Crippen molar-refractivity contribution in [1.82, 2.24) is 0 Å². The zero-order chi connectivity index (χ0) is 14.9. The molecule has 1 atom stereocenters. The summed E-state index contributed by atoms with van der Waals surface area (Å²) in [5.74, 6) is 3.00. The Morgan fingerprint density at radius 3 is 2.76 bits per heavy atom. The maximum atomic E-state index is 5.53. The maximum Gasteiger partial charge on any atom is 0.122 e. The van der Waals surface area contributed by atoms with Gasteiger partial charge in [0.05, 0.1) is 7.11 Å². The van der Waals surface area contributed by atoms with E-state index in [0.717, 1.165) is 12.2 Å². The summed E-state index contributed by atoms with van der Waals surface area (Å²) in [5, 5.41) is 0. The van der Waals surface area contributed by atoms with Gasteiger partial charge >= 0.3 is 0 Å². The fourth-order valence-electron chi connectivity index (χ4n) is 3.02. The minimum Gasteiger partial charge on any atom is -0.496 e. The Hall–Kier alpha value is -0.890. The third kappa shape index (κ3) is 5.10. The summed E-state index contributed by atoms with van der Waals surface area (Å²) in [6, 6.07) is 8.49. The molecule has 0 spiro atoms. The average Bonchev–Trinajstić information content (AvgIpc) is 3.05. The lowest BCUT2D eigenvalue weighted by Gasteiger charge is -2.19. The van der Waals surface area contributed by atoms with Crippen LogP contribution in [0.15, 0.2) is 35.2 Å². The third-order valence-electron chi connectivity index (χ3n) is 4.20. The van der Waals surface area contributed by atoms with Crippen LogP contribution in [0.25, 0.3) is 0 Å². The Labute approximate surface area is 134 Å². The molecule has 1 unspecified atom stereocenters. The van der Waals surface area contributed by atoms with Crippen LogP contribution in [0.1, 0.15) is 51.0 Å². The summed E-state index contributed by atoms with van der Waals surface area (Å²) in [4.78, 5) is 1.62. The van der Waals surface area contributed by atoms with E-state index in [4.69, 9.17) is 4.74 Å². The smallest absolute Gasteiger partial charge is 0.122 e. The van der Waals surface area contributed by atoms with Crippen LogP contribution in [0.4, 0.5) is 0 Å². The van der Waals surface area contributed by atoms with Gasteiger partial charge in [0.25, 0.3) is 0 Å². The second-order valence-corrected chi connectivity index (χ2v) is 6.97. The van der Waals surface area contributed by atoms with Crippen molar-refractivity contribution in [2.75, 3.05) is 12.9 Å². The van der Waals surface area contributed by atoms with Gasteiger partial charge in [-0.15, -0.1) is 11.8 Å². The highest BCUT2D eigenvalue weighted by molar-refractivity contribution is 8.03. The summed E-state index contributed by atoms with van der Waals surface area (Å²) in [6.45, 7) is 2.28. The standard InChI is InChI=1S/C19H28OS/c1-3-4-5-6-11-17(19-13-9-14-21-19)15-16-10-7-8-12-18(16)20-2/h7-8,10,12-13,17H,3-6,9,11,14-15H2,1-2H3. The normalized spacial score (nSPS) is 15.8. The second kappa shape index (κ2) is 9.19. The molecule has 0 saturated heterocycles. The number of methoxy groups -OCH3 is 1. The molecule has 116 valence electrons. The Morgan fingerprint density at radius 2 is 2.05 bits per heavy atom. The molecule has 0 saturated carbocycles. The van der Waals surface area contributed by atoms with Crippen molar-refractivity contribution in [3.05, 3.63) is 40.8 Å². The lowest BCUT2D eigenvalue weighted by atomic mass is 9.92. The number of rotatable bonds is 9. The highest BCUT2D eigenvalue weighted by atomic mass is 32.2. The molecule has 1 nitrogen and oxygen atoms in total. The molecule has 2 rings (SSSR count). The zero-order valence-electron chi connectivity index (χ0n) is 13.4. The largest absolute Gasteiger partial charge is 0.496 e. The first-order valence-corrected chi connectivity index (χ1v) is 9.28. The number of unbranched alkanes of at least 4 members (excludes halogenated alkanes) is 3. The van der Waals surface area contributed by atoms with Crippen molar-refractivity contribution < 1.29 is 4.74 Å². The van der Waals surface area contributed by atoms with Crippen molar-refractivity contribution in [3.8, 4) is 5.75 Å². The summed E-state index contributed by atoms with van der Waals surface area (Å²) in [7, 11) is 1.78. The Kier molecular flexibility index (Phi) is 7.21. The Morgan fingerprint density at radius 1 is 1.19 bits per heavy atom. The van der Waals surface area contributed by atoms with Gasteiger partial charge in [-0.3, -0.25) is 0 Å². The lowest BCUT2D eigenvalue weighted by Crippen LogP contribution is -2.07. The molecule has 1 heterocycles. The van der Waals surface area contributed by atoms with Crippen molar-refractivity contribution in [2.24, 2.45) is 5.92 Å². The second-order valence-electron chi connectivity index (χ2n) is 5.81. The fourth-order valence-corrected chi connectivity index (χ4v) is 4.16. The Bertz CT molecular complexity index is 453. The van der Waals surface area contributed by atoms with Crippen LogP contribution in [0.3, 0.4) is 0 Å². The number of allylic oxidation sites excluding steroid dienone is 2. The van der Waals surface area contributed by atoms with Gasteiger partial charge in [0.1, 0.15) is 5.75 Å². The summed E-state index contributed by atoms with van der Waals surface area (Å²) in [5.41, 5.74) is 1.36. The van der Waals surface area contributed by atoms with Crippen molar-refractivity contribution in [1.29, 1.82) is 0 Å². The minimum atomic E-state index is 0.686. The average molecular weight is 304 g/mol. The van der Waals surface area contributed by atoms with Gasteiger partial charge in [0.2, 0.25) is 0 Å². The first-order valence-electron chi connectivity index (χ1n) is 8.30. The van der Waals surface area contributed by atoms with Crippen LogP contribution < -0.4 is 4.74 Å². The molecule has 0 fully saturated rings. The van der Waals surface area contributed by atoms with E-state index in [1.165, 1.54) is 49.8 Å². The number of ether oxygens (including phenoxy) is 1. The predicted molar refractivity (Wildman–Crippen MR) is 94.1 cm³/mol. The lowest BCUT2D eigenvalue weighted by molar-refractivity contribution is 0.405. The van der Waals surface area contributed by atoms with E-state index < -0.39 is 0 Å². The van der Waals surface area contributed by atoms with E-state index in [9.17, 15) is 0 Å². The molecule has 0 radical (unpaired) electrons. The van der Waals surface area contributed by atoms with E-state index in [-0.39, 0.29) is 0 Å². The first kappa shape index (κ1) is 16.5. The van der Waals surface area contributed by atoms with E-state index in [1.807, 2.05) is 0 Å². The van der Waals surface area contributed by atoms with Crippen LogP contribution in [-0.2, 0) is 6.42 Å². The topological polar surface area (TPSA) is 9.23 Å². The number of hydrogen-bond donors (Lipinski definition) is 0. The van der Waals surface area contributed by atoms with Gasteiger partial charge in [-0.05, 0) is 41.7 Å². The zero-order valence-corrected chi connectivity index (χ0v) is 14.3. The van der Waals surface area contributed by atoms with Gasteiger partial charge in [-0.1, -0.05) is 56.9 Å². The molecule has 21 heavy (non-hydrogen) atoms. The van der Waals surface area contributed by atoms with Crippen LogP contribution in [0.2, 0.25) is 0 Å². The number of para-hydroxylation sites is 1. The van der Waals surface area contributed by atoms with Crippen LogP contribution in [0, 0.1) is 5.92 Å². The predicted octanol–water partition coefficient (Wildman–Crippen LogP) is 5.85. The van der Waals surface area contributed by atoms with Crippen molar-refractivity contribution in [2.45, 2.75) is 51.9 Å². The van der Waals surface area contributed by atoms with Crippen molar-refractivity contribution >= 4 is 11.8 Å². The number of thioether (sulfide) groups is 1. The first-order chi connectivity index (χ1) is 10.3. The molecule has 1 aromatic carbocycles. The molecule has 0 aromatic heterocycles. The SMILES string of the molecule is CCCCCCC(Cc1ccccc1OC)C1=CCCS1. The number of benzene rings is 1. The maximum absolute atomic E-state index is 5.53. The van der Waals surface area contributed by atoms with Gasteiger partial charge in [0, 0.05) is 5.75 Å². The van der Waals surface area contributed by atoms with E-state index in [2.05, 4.69) is 49.0 Å². The molecule has 0 aliphatic carbocycles. The molecule has 2 heteroatoms. The summed E-state index contributed by atoms with van der Waals surface area (Å²) < 4.78 is 5.53. The Balaban J connectivity index is 2.01. The molecule has 1 aliphatic heterocycles. The van der Waals surface area contributed by atoms with Crippen LogP contribution >= 0.6 is 11.8 Å². The van der Waals surface area contributed by atoms with Gasteiger partial charge in [-0.25, -0.2) is 0 Å². The molecular weight excluding hydrogens is 276 g/mol. The molecule has 0 amide bonds. The minimum absolute atomic E-state index is 0.686. The van der Waals surface area contributed by atoms with Gasteiger partial charge in [0.15, 0.2) is 0 Å². The highest BCUT2D eigenvalue weighted by Gasteiger charge is 2.19. The van der Waals surface area contributed by atoms with E-state index >= 15 is 0 Å². The summed E-state index contributed by atoms with van der Waals surface area (Å²) in [6.07, 6.45) is 11.6. The van der Waals surface area contributed by atoms with Crippen LogP contribution in [0.5, 0.6) is 5.75 Å². The molecule has 0 N–H and O–H groups in total. The third-order valence-corrected chi connectivity index (χ3v) is 5.47. The molecular formula is C19H28OS. The van der Waals surface area contributed by atoms with Gasteiger partial charge < -0.3 is 4.74 Å². The molecule has 1 aliphatic rings. The fraction of sp³-hybridized carbons (Fsp3) is 0.579. The highest BCUT2D eigenvalue weighted by Crippen LogP contribution is 2.37. The van der Waals surface area contributed by atoms with E-state index in [1.54, 1.807) is 12.0 Å². The summed E-state index contributed by atoms with van der Waals surface area (Å²) >= 11 is 2.07. The van der Waals surface area contributed by atoms with Crippen molar-refractivity contribution in [3.63, 3.8) is 0 Å². The number of hydrogen-bond acceptors (Lipinski definition) is 2. The monoisotopic (exact) mass is 304 g/mol. The van der Waals surface area contributed by atoms with Crippen LogP contribution in [-0.4, -0.2) is 12.9 Å². The quantitative estimate of drug-likeness (QED) is 0.530. The molecule has 0 bridgehead atoms.